The van der Waals surface area contributed by atoms with E-state index in [4.69, 9.17) is 4.74 Å². The molecule has 0 N–H and O–H groups in total. The van der Waals surface area contributed by atoms with E-state index in [-0.39, 0.29) is 12.5 Å². The molecule has 0 aliphatic heterocycles. The van der Waals surface area contributed by atoms with Crippen molar-refractivity contribution in [2.24, 2.45) is 0 Å². The van der Waals surface area contributed by atoms with Gasteiger partial charge in [0.15, 0.2) is 0 Å². The fourth-order valence-corrected chi connectivity index (χ4v) is 1.65. The van der Waals surface area contributed by atoms with Crippen molar-refractivity contribution in [1.82, 2.24) is 4.57 Å². The van der Waals surface area contributed by atoms with Gasteiger partial charge in [0.1, 0.15) is 12.3 Å². The Morgan fingerprint density at radius 1 is 1.31 bits per heavy atom. The number of rotatable bonds is 3. The smallest absolute Gasteiger partial charge is 0.325 e. The first-order chi connectivity index (χ1) is 7.74. The first-order valence-corrected chi connectivity index (χ1v) is 4.94. The molecule has 0 atom stereocenters. The molecule has 1 aromatic heterocycles. The molecule has 0 spiro atoms. The van der Waals surface area contributed by atoms with E-state index < -0.39 is 0 Å². The Bertz CT molecular complexity index is 516. The Morgan fingerprint density at radius 2 is 2.12 bits per heavy atom. The number of esters is 1. The minimum Gasteiger partial charge on any atom is -0.497 e. The highest BCUT2D eigenvalue weighted by atomic mass is 16.5. The van der Waals surface area contributed by atoms with Gasteiger partial charge >= 0.3 is 5.97 Å². The van der Waals surface area contributed by atoms with Crippen molar-refractivity contribution < 1.29 is 14.3 Å². The quantitative estimate of drug-likeness (QED) is 0.739. The molecule has 0 amide bonds. The van der Waals surface area contributed by atoms with Crippen LogP contribution in [0.25, 0.3) is 10.9 Å². The number of hydrogen-bond acceptors (Lipinski definition) is 3. The standard InChI is InChI=1S/C12H13NO3/c1-15-10-3-4-11-9(7-10)5-6-13(11)8-12(14)16-2/h3-7H,8H2,1-2H3. The van der Waals surface area contributed by atoms with Gasteiger partial charge in [0.25, 0.3) is 0 Å². The molecular formula is C12H13NO3. The van der Waals surface area contributed by atoms with Gasteiger partial charge in [0.2, 0.25) is 0 Å². The molecule has 0 aliphatic carbocycles. The molecule has 0 radical (unpaired) electrons. The van der Waals surface area contributed by atoms with Gasteiger partial charge in [-0.15, -0.1) is 0 Å². The lowest BCUT2D eigenvalue weighted by Crippen LogP contribution is -2.10. The third-order valence-corrected chi connectivity index (χ3v) is 2.51. The fourth-order valence-electron chi connectivity index (χ4n) is 1.65. The monoisotopic (exact) mass is 219 g/mol. The number of carbonyl (C=O) groups is 1. The summed E-state index contributed by atoms with van der Waals surface area (Å²) in [5.41, 5.74) is 0.992. The van der Waals surface area contributed by atoms with Crippen LogP contribution in [0.15, 0.2) is 30.5 Å². The molecule has 84 valence electrons. The number of nitrogens with zero attached hydrogens (tertiary/aromatic N) is 1. The molecule has 0 aliphatic rings. The van der Waals surface area contributed by atoms with E-state index in [1.54, 1.807) is 7.11 Å². The highest BCUT2D eigenvalue weighted by Crippen LogP contribution is 2.21. The molecule has 16 heavy (non-hydrogen) atoms. The second-order valence-electron chi connectivity index (χ2n) is 3.44. The van der Waals surface area contributed by atoms with Crippen LogP contribution >= 0.6 is 0 Å². The van der Waals surface area contributed by atoms with Crippen molar-refractivity contribution in [2.45, 2.75) is 6.54 Å². The average Bonchev–Trinajstić information content (AvgIpc) is 2.71. The highest BCUT2D eigenvalue weighted by molar-refractivity contribution is 5.83. The van der Waals surface area contributed by atoms with Crippen LogP contribution in [0.5, 0.6) is 5.75 Å². The first-order valence-electron chi connectivity index (χ1n) is 4.94. The number of ether oxygens (including phenoxy) is 2. The summed E-state index contributed by atoms with van der Waals surface area (Å²) < 4.78 is 11.6. The van der Waals surface area contributed by atoms with Gasteiger partial charge in [-0.2, -0.15) is 0 Å². The summed E-state index contributed by atoms with van der Waals surface area (Å²) in [7, 11) is 3.02. The van der Waals surface area contributed by atoms with Crippen molar-refractivity contribution in [3.05, 3.63) is 30.5 Å². The Balaban J connectivity index is 2.37. The maximum Gasteiger partial charge on any atom is 0.325 e. The topological polar surface area (TPSA) is 40.5 Å². The second-order valence-corrected chi connectivity index (χ2v) is 3.44. The van der Waals surface area contributed by atoms with Crippen LogP contribution in [0.3, 0.4) is 0 Å². The largest absolute Gasteiger partial charge is 0.497 e. The van der Waals surface area contributed by atoms with Crippen molar-refractivity contribution in [1.29, 1.82) is 0 Å². The molecule has 4 nitrogen and oxygen atoms in total. The molecule has 1 aromatic carbocycles. The van der Waals surface area contributed by atoms with Crippen LogP contribution in [0.4, 0.5) is 0 Å². The fraction of sp³-hybridized carbons (Fsp3) is 0.250. The van der Waals surface area contributed by atoms with Crippen molar-refractivity contribution >= 4 is 16.9 Å². The molecule has 1 heterocycles. The summed E-state index contributed by atoms with van der Waals surface area (Å²) >= 11 is 0. The van der Waals surface area contributed by atoms with Crippen LogP contribution in [0.2, 0.25) is 0 Å². The van der Waals surface area contributed by atoms with E-state index in [0.29, 0.717) is 0 Å². The van der Waals surface area contributed by atoms with Crippen LogP contribution in [-0.4, -0.2) is 24.8 Å². The number of aromatic nitrogens is 1. The third kappa shape index (κ3) is 1.86. The Kier molecular flexibility index (Phi) is 2.81. The van der Waals surface area contributed by atoms with Gasteiger partial charge < -0.3 is 14.0 Å². The van der Waals surface area contributed by atoms with E-state index in [2.05, 4.69) is 4.74 Å². The molecular weight excluding hydrogens is 206 g/mol. The SMILES string of the molecule is COC(=O)Cn1ccc2cc(OC)ccc21. The van der Waals surface area contributed by atoms with Gasteiger partial charge in [-0.1, -0.05) is 0 Å². The first kappa shape index (κ1) is 10.5. The van der Waals surface area contributed by atoms with Gasteiger partial charge in [-0.3, -0.25) is 4.79 Å². The van der Waals surface area contributed by atoms with Crippen LogP contribution < -0.4 is 4.74 Å². The average molecular weight is 219 g/mol. The van der Waals surface area contributed by atoms with E-state index in [0.717, 1.165) is 16.7 Å². The summed E-state index contributed by atoms with van der Waals surface area (Å²) in [4.78, 5) is 11.2. The molecule has 2 aromatic rings. The van der Waals surface area contributed by atoms with Gasteiger partial charge in [0, 0.05) is 17.1 Å². The van der Waals surface area contributed by atoms with E-state index >= 15 is 0 Å². The number of methoxy groups -OCH3 is 2. The van der Waals surface area contributed by atoms with Crippen LogP contribution in [-0.2, 0) is 16.1 Å². The summed E-state index contributed by atoms with van der Waals surface area (Å²) in [5.74, 6) is 0.552. The molecule has 4 heteroatoms. The number of fused-ring (bicyclic) bond motifs is 1. The second kappa shape index (κ2) is 4.26. The van der Waals surface area contributed by atoms with E-state index in [1.165, 1.54) is 7.11 Å². The Morgan fingerprint density at radius 3 is 2.81 bits per heavy atom. The van der Waals surface area contributed by atoms with Crippen LogP contribution in [0, 0.1) is 0 Å². The summed E-state index contributed by atoms with van der Waals surface area (Å²) in [6, 6.07) is 7.68. The molecule has 0 saturated heterocycles. The highest BCUT2D eigenvalue weighted by Gasteiger charge is 2.06. The van der Waals surface area contributed by atoms with Crippen molar-refractivity contribution in [2.75, 3.05) is 14.2 Å². The normalized spacial score (nSPS) is 10.4. The molecule has 2 rings (SSSR count). The van der Waals surface area contributed by atoms with Crippen LogP contribution in [0.1, 0.15) is 0 Å². The zero-order valence-electron chi connectivity index (χ0n) is 9.27. The lowest BCUT2D eigenvalue weighted by Gasteiger charge is -2.04. The van der Waals surface area contributed by atoms with E-state index in [1.807, 2.05) is 35.0 Å². The maximum absolute atomic E-state index is 11.2. The third-order valence-electron chi connectivity index (χ3n) is 2.51. The molecule has 0 bridgehead atoms. The summed E-state index contributed by atoms with van der Waals surface area (Å²) in [6.45, 7) is 0.229. The summed E-state index contributed by atoms with van der Waals surface area (Å²) in [5, 5.41) is 1.04. The zero-order valence-corrected chi connectivity index (χ0v) is 9.27. The number of hydrogen-bond donors (Lipinski definition) is 0. The van der Waals surface area contributed by atoms with Gasteiger partial charge in [-0.25, -0.2) is 0 Å². The van der Waals surface area contributed by atoms with Gasteiger partial charge in [0.05, 0.1) is 14.2 Å². The predicted octanol–water partition coefficient (Wildman–Crippen LogP) is 1.82. The van der Waals surface area contributed by atoms with Gasteiger partial charge in [-0.05, 0) is 24.3 Å². The molecule has 0 saturated carbocycles. The Labute approximate surface area is 93.4 Å². The minimum atomic E-state index is -0.256. The van der Waals surface area contributed by atoms with Crippen molar-refractivity contribution in [3.8, 4) is 5.75 Å². The lowest BCUT2D eigenvalue weighted by atomic mass is 10.2. The van der Waals surface area contributed by atoms with E-state index in [9.17, 15) is 4.79 Å². The zero-order chi connectivity index (χ0) is 11.5. The minimum absolute atomic E-state index is 0.229. The summed E-state index contributed by atoms with van der Waals surface area (Å²) in [6.07, 6.45) is 1.86. The lowest BCUT2D eigenvalue weighted by molar-refractivity contribution is -0.141. The molecule has 0 unspecified atom stereocenters. The maximum atomic E-state index is 11.2. The van der Waals surface area contributed by atoms with Crippen molar-refractivity contribution in [3.63, 3.8) is 0 Å². The molecule has 0 fully saturated rings. The number of benzene rings is 1. The Hall–Kier alpha value is -1.97. The number of carbonyl (C=O) groups excluding carboxylic acids is 1. The predicted molar refractivity (Wildman–Crippen MR) is 60.5 cm³/mol.